The maximum Gasteiger partial charge on any atom is 0.153 e. The molecule has 0 fully saturated rings. The quantitative estimate of drug-likeness (QED) is 0.591. The molecule has 0 saturated heterocycles. The van der Waals surface area contributed by atoms with Crippen LogP contribution in [0.3, 0.4) is 0 Å². The minimum Gasteiger partial charge on any atom is -0.298 e. The Bertz CT molecular complexity index is 265. The first-order valence-electron chi connectivity index (χ1n) is 3.15. The summed E-state index contributed by atoms with van der Waals surface area (Å²) in [5.41, 5.74) is 0.428. The van der Waals surface area contributed by atoms with Crippen molar-refractivity contribution >= 4 is 12.4 Å². The molecule has 0 unspecified atom stereocenters. The molecule has 0 heterocycles. The molecule has 1 nitrogen and oxygen atoms in total. The SMILES string of the molecule is C=Cc1cccc(C=O)c1F. The van der Waals surface area contributed by atoms with E-state index in [1.54, 1.807) is 12.1 Å². The topological polar surface area (TPSA) is 17.1 Å². The van der Waals surface area contributed by atoms with Crippen LogP contribution in [-0.2, 0) is 0 Å². The van der Waals surface area contributed by atoms with Gasteiger partial charge in [-0.1, -0.05) is 24.8 Å². The number of aldehydes is 1. The van der Waals surface area contributed by atoms with Gasteiger partial charge in [0.15, 0.2) is 6.29 Å². The third kappa shape index (κ3) is 1.34. The van der Waals surface area contributed by atoms with E-state index in [1.165, 1.54) is 12.1 Å². The van der Waals surface area contributed by atoms with Gasteiger partial charge in [0.25, 0.3) is 0 Å². The second kappa shape index (κ2) is 3.10. The third-order valence-corrected chi connectivity index (χ3v) is 1.41. The molecular formula is C9H7FO. The number of hydrogen-bond donors (Lipinski definition) is 0. The van der Waals surface area contributed by atoms with E-state index in [9.17, 15) is 9.18 Å². The van der Waals surface area contributed by atoms with Crippen molar-refractivity contribution in [3.05, 3.63) is 41.7 Å². The zero-order valence-corrected chi connectivity index (χ0v) is 5.88. The molecule has 1 aromatic rings. The zero-order chi connectivity index (χ0) is 8.27. The predicted molar refractivity (Wildman–Crippen MR) is 41.9 cm³/mol. The fourth-order valence-corrected chi connectivity index (χ4v) is 0.817. The number of benzene rings is 1. The van der Waals surface area contributed by atoms with Gasteiger partial charge in [-0.15, -0.1) is 0 Å². The largest absolute Gasteiger partial charge is 0.298 e. The van der Waals surface area contributed by atoms with E-state index in [0.717, 1.165) is 0 Å². The molecule has 0 aromatic heterocycles. The van der Waals surface area contributed by atoms with Crippen LogP contribution in [0, 0.1) is 5.82 Å². The van der Waals surface area contributed by atoms with Crippen molar-refractivity contribution in [1.82, 2.24) is 0 Å². The Morgan fingerprint density at radius 3 is 2.55 bits per heavy atom. The van der Waals surface area contributed by atoms with Crippen LogP contribution in [0.5, 0.6) is 0 Å². The fourth-order valence-electron chi connectivity index (χ4n) is 0.817. The first-order valence-corrected chi connectivity index (χ1v) is 3.15. The Morgan fingerprint density at radius 1 is 1.36 bits per heavy atom. The van der Waals surface area contributed by atoms with Gasteiger partial charge >= 0.3 is 0 Å². The van der Waals surface area contributed by atoms with Crippen molar-refractivity contribution in [3.63, 3.8) is 0 Å². The van der Waals surface area contributed by atoms with Gasteiger partial charge in [-0.2, -0.15) is 0 Å². The molecule has 0 saturated carbocycles. The Kier molecular flexibility index (Phi) is 2.16. The summed E-state index contributed by atoms with van der Waals surface area (Å²) in [5.74, 6) is -0.502. The zero-order valence-electron chi connectivity index (χ0n) is 5.88. The van der Waals surface area contributed by atoms with Gasteiger partial charge in [0.2, 0.25) is 0 Å². The second-order valence-corrected chi connectivity index (χ2v) is 2.07. The molecule has 0 amide bonds. The summed E-state index contributed by atoms with van der Waals surface area (Å²) < 4.78 is 13.0. The minimum atomic E-state index is -0.502. The lowest BCUT2D eigenvalue weighted by Crippen LogP contribution is -1.89. The maximum absolute atomic E-state index is 13.0. The van der Waals surface area contributed by atoms with E-state index in [2.05, 4.69) is 6.58 Å². The highest BCUT2D eigenvalue weighted by Crippen LogP contribution is 2.11. The van der Waals surface area contributed by atoms with Gasteiger partial charge in [0.05, 0.1) is 5.56 Å². The summed E-state index contributed by atoms with van der Waals surface area (Å²) in [6.07, 6.45) is 1.87. The molecule has 0 aliphatic rings. The van der Waals surface area contributed by atoms with E-state index >= 15 is 0 Å². The van der Waals surface area contributed by atoms with Gasteiger partial charge in [0.1, 0.15) is 5.82 Å². The summed E-state index contributed by atoms with van der Waals surface area (Å²) in [6.45, 7) is 3.41. The van der Waals surface area contributed by atoms with E-state index in [1.807, 2.05) is 0 Å². The normalized spacial score (nSPS) is 9.18. The number of halogens is 1. The second-order valence-electron chi connectivity index (χ2n) is 2.07. The standard InChI is InChI=1S/C9H7FO/c1-2-7-4-3-5-8(6-11)9(7)10/h2-6H,1H2. The molecule has 1 rings (SSSR count). The van der Waals surface area contributed by atoms with Gasteiger partial charge in [0, 0.05) is 5.56 Å². The van der Waals surface area contributed by atoms with Crippen molar-refractivity contribution in [2.75, 3.05) is 0 Å². The van der Waals surface area contributed by atoms with Gasteiger partial charge < -0.3 is 0 Å². The first kappa shape index (κ1) is 7.66. The Hall–Kier alpha value is -1.44. The summed E-state index contributed by atoms with van der Waals surface area (Å²) in [6, 6.07) is 4.61. The van der Waals surface area contributed by atoms with Crippen molar-refractivity contribution in [2.45, 2.75) is 0 Å². The molecule has 0 bridgehead atoms. The van der Waals surface area contributed by atoms with Crippen molar-refractivity contribution in [1.29, 1.82) is 0 Å². The molecular weight excluding hydrogens is 143 g/mol. The van der Waals surface area contributed by atoms with Crippen LogP contribution in [-0.4, -0.2) is 6.29 Å². The lowest BCUT2D eigenvalue weighted by Gasteiger charge is -1.97. The molecule has 0 radical (unpaired) electrons. The average molecular weight is 150 g/mol. The molecule has 1 aromatic carbocycles. The Morgan fingerprint density at radius 2 is 2.00 bits per heavy atom. The molecule has 0 atom stereocenters. The average Bonchev–Trinajstić information content (AvgIpc) is 2.05. The minimum absolute atomic E-state index is 0.0717. The van der Waals surface area contributed by atoms with Crippen LogP contribution in [0.25, 0.3) is 6.08 Å². The molecule has 0 spiro atoms. The lowest BCUT2D eigenvalue weighted by molar-refractivity contribution is 0.112. The van der Waals surface area contributed by atoms with Crippen LogP contribution >= 0.6 is 0 Å². The number of hydrogen-bond acceptors (Lipinski definition) is 1. The third-order valence-electron chi connectivity index (χ3n) is 1.41. The van der Waals surface area contributed by atoms with E-state index in [-0.39, 0.29) is 5.56 Å². The lowest BCUT2D eigenvalue weighted by atomic mass is 10.1. The van der Waals surface area contributed by atoms with Crippen LogP contribution in [0.1, 0.15) is 15.9 Å². The van der Waals surface area contributed by atoms with Crippen molar-refractivity contribution < 1.29 is 9.18 Å². The summed E-state index contributed by atoms with van der Waals surface area (Å²) in [4.78, 5) is 10.2. The van der Waals surface area contributed by atoms with E-state index in [4.69, 9.17) is 0 Å². The number of carbonyl (C=O) groups excluding carboxylic acids is 1. The summed E-state index contributed by atoms with van der Waals surface area (Å²) in [7, 11) is 0. The van der Waals surface area contributed by atoms with Crippen LogP contribution in [0.2, 0.25) is 0 Å². The number of carbonyl (C=O) groups is 1. The Labute approximate surface area is 64.2 Å². The van der Waals surface area contributed by atoms with E-state index in [0.29, 0.717) is 11.8 Å². The maximum atomic E-state index is 13.0. The van der Waals surface area contributed by atoms with Crippen LogP contribution in [0.15, 0.2) is 24.8 Å². The Balaban J connectivity index is 3.30. The molecule has 2 heteroatoms. The summed E-state index contributed by atoms with van der Waals surface area (Å²) in [5, 5.41) is 0. The molecule has 0 aliphatic heterocycles. The number of rotatable bonds is 2. The highest BCUT2D eigenvalue weighted by Gasteiger charge is 2.02. The van der Waals surface area contributed by atoms with Crippen LogP contribution < -0.4 is 0 Å². The molecule has 56 valence electrons. The summed E-state index contributed by atoms with van der Waals surface area (Å²) >= 11 is 0. The van der Waals surface area contributed by atoms with Gasteiger partial charge in [-0.05, 0) is 6.07 Å². The molecule has 11 heavy (non-hydrogen) atoms. The molecule has 0 N–H and O–H groups in total. The predicted octanol–water partition coefficient (Wildman–Crippen LogP) is 2.28. The molecule has 0 aliphatic carbocycles. The van der Waals surface area contributed by atoms with Crippen molar-refractivity contribution in [2.24, 2.45) is 0 Å². The van der Waals surface area contributed by atoms with Gasteiger partial charge in [-0.3, -0.25) is 4.79 Å². The van der Waals surface area contributed by atoms with Crippen molar-refractivity contribution in [3.8, 4) is 0 Å². The fraction of sp³-hybridized carbons (Fsp3) is 0. The van der Waals surface area contributed by atoms with Gasteiger partial charge in [-0.25, -0.2) is 4.39 Å². The highest BCUT2D eigenvalue weighted by atomic mass is 19.1. The monoisotopic (exact) mass is 150 g/mol. The van der Waals surface area contributed by atoms with E-state index < -0.39 is 5.82 Å². The smallest absolute Gasteiger partial charge is 0.153 e. The highest BCUT2D eigenvalue weighted by molar-refractivity contribution is 5.76. The first-order chi connectivity index (χ1) is 5.29. The van der Waals surface area contributed by atoms with Crippen LogP contribution in [0.4, 0.5) is 4.39 Å².